The van der Waals surface area contributed by atoms with Crippen LogP contribution in [0.4, 0.5) is 5.69 Å². The molecule has 1 aliphatic heterocycles. The van der Waals surface area contributed by atoms with Crippen LogP contribution in [0.15, 0.2) is 59.5 Å². The molecule has 0 saturated heterocycles. The van der Waals surface area contributed by atoms with Crippen LogP contribution < -0.4 is 5.32 Å². The topological polar surface area (TPSA) is 69.6 Å². The number of nitrogens with one attached hydrogen (secondary N) is 1. The molecular weight excluding hydrogens is 336 g/mol. The summed E-state index contributed by atoms with van der Waals surface area (Å²) in [6, 6.07) is 17.0. The van der Waals surface area contributed by atoms with Gasteiger partial charge < -0.3 is 15.3 Å². The van der Waals surface area contributed by atoms with Crippen molar-refractivity contribution in [1.29, 1.82) is 0 Å². The maximum Gasteiger partial charge on any atom is 0.250 e. The first-order valence-corrected chi connectivity index (χ1v) is 8.90. The van der Waals surface area contributed by atoms with Crippen LogP contribution in [0.5, 0.6) is 0 Å². The van der Waals surface area contributed by atoms with Gasteiger partial charge in [0.2, 0.25) is 11.8 Å². The normalized spacial score (nSPS) is 19.0. The molecule has 2 N–H and O–H groups in total. The van der Waals surface area contributed by atoms with E-state index in [2.05, 4.69) is 5.32 Å². The number of carbonyl (C=O) groups is 2. The van der Waals surface area contributed by atoms with Crippen LogP contribution in [0.3, 0.4) is 0 Å². The summed E-state index contributed by atoms with van der Waals surface area (Å²) in [5.74, 6) is -0.639. The van der Waals surface area contributed by atoms with E-state index in [0.29, 0.717) is 6.54 Å². The fraction of sp³-hybridized carbons (Fsp3) is 0.263. The molecule has 2 aromatic rings. The van der Waals surface area contributed by atoms with Gasteiger partial charge in [-0.05, 0) is 24.6 Å². The second-order valence-electron chi connectivity index (χ2n) is 6.02. The zero-order chi connectivity index (χ0) is 17.9. The van der Waals surface area contributed by atoms with Crippen molar-refractivity contribution < 1.29 is 14.7 Å². The highest BCUT2D eigenvalue weighted by molar-refractivity contribution is 8.02. The Morgan fingerprint density at radius 2 is 1.84 bits per heavy atom. The average Bonchev–Trinajstić information content (AvgIpc) is 2.62. The lowest BCUT2D eigenvalue weighted by molar-refractivity contribution is -0.138. The zero-order valence-electron chi connectivity index (χ0n) is 13.9. The summed E-state index contributed by atoms with van der Waals surface area (Å²) < 4.78 is -1.27. The predicted molar refractivity (Wildman–Crippen MR) is 98.3 cm³/mol. The highest BCUT2D eigenvalue weighted by Crippen LogP contribution is 2.43. The Balaban J connectivity index is 1.87. The van der Waals surface area contributed by atoms with Crippen LogP contribution in [-0.4, -0.2) is 39.7 Å². The fourth-order valence-corrected chi connectivity index (χ4v) is 3.96. The molecule has 0 saturated carbocycles. The summed E-state index contributed by atoms with van der Waals surface area (Å²) in [6.07, 6.45) is 0. The Hall–Kier alpha value is -2.31. The predicted octanol–water partition coefficient (Wildman–Crippen LogP) is 2.51. The summed E-state index contributed by atoms with van der Waals surface area (Å²) in [7, 11) is 0. The van der Waals surface area contributed by atoms with Gasteiger partial charge in [0.1, 0.15) is 0 Å². The van der Waals surface area contributed by atoms with Crippen LogP contribution in [-0.2, 0) is 16.1 Å². The molecule has 1 aliphatic rings. The number of benzene rings is 2. The van der Waals surface area contributed by atoms with Crippen molar-refractivity contribution in [2.45, 2.75) is 23.1 Å². The molecule has 2 amide bonds. The van der Waals surface area contributed by atoms with E-state index >= 15 is 0 Å². The van der Waals surface area contributed by atoms with Crippen molar-refractivity contribution >= 4 is 29.3 Å². The molecule has 0 radical (unpaired) electrons. The molecule has 130 valence electrons. The molecule has 1 heterocycles. The Morgan fingerprint density at radius 3 is 2.56 bits per heavy atom. The molecule has 1 unspecified atom stereocenters. The number of aliphatic hydroxyl groups excluding tert-OH is 1. The number of carbonyl (C=O) groups excluding carboxylic acids is 2. The monoisotopic (exact) mass is 356 g/mol. The third kappa shape index (κ3) is 3.55. The number of aliphatic hydroxyl groups is 1. The van der Waals surface area contributed by atoms with Gasteiger partial charge in [0.15, 0.2) is 4.75 Å². The van der Waals surface area contributed by atoms with Gasteiger partial charge in [-0.2, -0.15) is 0 Å². The molecule has 6 heteroatoms. The van der Waals surface area contributed by atoms with Gasteiger partial charge in [-0.15, -0.1) is 0 Å². The van der Waals surface area contributed by atoms with Crippen LogP contribution >= 0.6 is 11.8 Å². The summed E-state index contributed by atoms with van der Waals surface area (Å²) in [4.78, 5) is 28.2. The quantitative estimate of drug-likeness (QED) is 0.808. The number of para-hydroxylation sites is 1. The Kier molecular flexibility index (Phi) is 5.11. The summed E-state index contributed by atoms with van der Waals surface area (Å²) in [5.41, 5.74) is 1.68. The number of hydrogen-bond donors (Lipinski definition) is 2. The smallest absolute Gasteiger partial charge is 0.250 e. The first kappa shape index (κ1) is 17.5. The van der Waals surface area contributed by atoms with Crippen molar-refractivity contribution in [1.82, 2.24) is 4.90 Å². The maximum atomic E-state index is 13.2. The molecule has 25 heavy (non-hydrogen) atoms. The van der Waals surface area contributed by atoms with E-state index in [1.54, 1.807) is 6.92 Å². The lowest BCUT2D eigenvalue weighted by Crippen LogP contribution is -2.53. The largest absolute Gasteiger partial charge is 0.395 e. The number of fused-ring (bicyclic) bond motifs is 1. The van der Waals surface area contributed by atoms with E-state index in [-0.39, 0.29) is 25.0 Å². The van der Waals surface area contributed by atoms with Crippen LogP contribution in [0.1, 0.15) is 12.5 Å². The Bertz CT molecular complexity index is 781. The fourth-order valence-electron chi connectivity index (χ4n) is 2.79. The van der Waals surface area contributed by atoms with E-state index in [1.165, 1.54) is 16.7 Å². The van der Waals surface area contributed by atoms with E-state index in [0.717, 1.165) is 16.1 Å². The van der Waals surface area contributed by atoms with Gasteiger partial charge in [-0.3, -0.25) is 9.59 Å². The van der Waals surface area contributed by atoms with Crippen LogP contribution in [0.25, 0.3) is 0 Å². The minimum Gasteiger partial charge on any atom is -0.395 e. The first-order chi connectivity index (χ1) is 12.0. The van der Waals surface area contributed by atoms with Crippen molar-refractivity contribution in [2.75, 3.05) is 18.5 Å². The van der Waals surface area contributed by atoms with Gasteiger partial charge in [0.05, 0.1) is 12.3 Å². The lowest BCUT2D eigenvalue weighted by Gasteiger charge is -2.36. The zero-order valence-corrected chi connectivity index (χ0v) is 14.8. The number of rotatable bonds is 5. The molecule has 0 spiro atoms. The molecule has 1 atom stereocenters. The molecule has 0 fully saturated rings. The van der Waals surface area contributed by atoms with Crippen molar-refractivity contribution in [3.63, 3.8) is 0 Å². The van der Waals surface area contributed by atoms with E-state index in [9.17, 15) is 14.7 Å². The number of amides is 2. The van der Waals surface area contributed by atoms with Crippen LogP contribution in [0.2, 0.25) is 0 Å². The molecule has 0 bridgehead atoms. The maximum absolute atomic E-state index is 13.2. The summed E-state index contributed by atoms with van der Waals surface area (Å²) >= 11 is 1.26. The standard InChI is InChI=1S/C19H20N2O3S/c1-19(17(23)20-15-9-5-6-10-16(15)25-19)18(24)21(11-12-22)13-14-7-3-2-4-8-14/h2-10,22H,11-13H2,1H3,(H,20,23). The minimum atomic E-state index is -1.27. The summed E-state index contributed by atoms with van der Waals surface area (Å²) in [5, 5.41) is 12.2. The summed E-state index contributed by atoms with van der Waals surface area (Å²) in [6.45, 7) is 2.02. The van der Waals surface area contributed by atoms with Gasteiger partial charge in [0.25, 0.3) is 0 Å². The molecule has 0 aromatic heterocycles. The molecule has 2 aromatic carbocycles. The second-order valence-corrected chi connectivity index (χ2v) is 7.48. The van der Waals surface area contributed by atoms with Crippen molar-refractivity contribution in [2.24, 2.45) is 0 Å². The van der Waals surface area contributed by atoms with Crippen molar-refractivity contribution in [3.8, 4) is 0 Å². The Morgan fingerprint density at radius 1 is 1.16 bits per heavy atom. The Labute approximate surface area is 151 Å². The van der Waals surface area contributed by atoms with Crippen LogP contribution in [0, 0.1) is 0 Å². The van der Waals surface area contributed by atoms with Gasteiger partial charge in [-0.25, -0.2) is 0 Å². The third-order valence-electron chi connectivity index (χ3n) is 4.16. The molecule has 5 nitrogen and oxygen atoms in total. The van der Waals surface area contributed by atoms with Crippen molar-refractivity contribution in [3.05, 3.63) is 60.2 Å². The number of anilines is 1. The van der Waals surface area contributed by atoms with Gasteiger partial charge in [0, 0.05) is 18.0 Å². The second kappa shape index (κ2) is 7.29. The van der Waals surface area contributed by atoms with E-state index < -0.39 is 4.75 Å². The molecular formula is C19H20N2O3S. The molecule has 3 rings (SSSR count). The van der Waals surface area contributed by atoms with Gasteiger partial charge >= 0.3 is 0 Å². The number of hydrogen-bond acceptors (Lipinski definition) is 4. The molecule has 0 aliphatic carbocycles. The third-order valence-corrected chi connectivity index (χ3v) is 5.51. The minimum absolute atomic E-state index is 0.155. The average molecular weight is 356 g/mol. The SMILES string of the molecule is CC1(C(=O)N(CCO)Cc2ccccc2)Sc2ccccc2NC1=O. The van der Waals surface area contributed by atoms with E-state index in [4.69, 9.17) is 0 Å². The number of nitrogens with zero attached hydrogens (tertiary/aromatic N) is 1. The van der Waals surface area contributed by atoms with E-state index in [1.807, 2.05) is 54.6 Å². The highest BCUT2D eigenvalue weighted by Gasteiger charge is 2.47. The lowest BCUT2D eigenvalue weighted by atomic mass is 10.1. The van der Waals surface area contributed by atoms with Gasteiger partial charge in [-0.1, -0.05) is 54.2 Å². The first-order valence-electron chi connectivity index (χ1n) is 8.08. The highest BCUT2D eigenvalue weighted by atomic mass is 32.2. The number of thioether (sulfide) groups is 1.